The standard InChI is InChI=1S/C11H12ClIN2O4/c1-3-19-11(17)15-14-10(16)6-4-7(12)8(13)5-9(6)18-2/h4-5H,3H2,1-2H3,(H,14,16)(H,15,17). The number of methoxy groups -OCH3 is 1. The van der Waals surface area contributed by atoms with Crippen molar-refractivity contribution in [1.82, 2.24) is 10.9 Å². The molecule has 0 atom stereocenters. The van der Waals surface area contributed by atoms with E-state index in [4.69, 9.17) is 16.3 Å². The van der Waals surface area contributed by atoms with Crippen LogP contribution in [0, 0.1) is 3.57 Å². The minimum atomic E-state index is -0.744. The number of hydrogen-bond donors (Lipinski definition) is 2. The van der Waals surface area contributed by atoms with E-state index >= 15 is 0 Å². The average molecular weight is 399 g/mol. The highest BCUT2D eigenvalue weighted by molar-refractivity contribution is 14.1. The summed E-state index contributed by atoms with van der Waals surface area (Å²) in [5.41, 5.74) is 4.52. The van der Waals surface area contributed by atoms with Crippen LogP contribution in [0.3, 0.4) is 0 Å². The Kier molecular flexibility index (Phi) is 6.16. The Labute approximate surface area is 128 Å². The van der Waals surface area contributed by atoms with Gasteiger partial charge in [0.25, 0.3) is 5.91 Å². The number of carbonyl (C=O) groups is 2. The summed E-state index contributed by atoms with van der Waals surface area (Å²) in [5.74, 6) is -0.194. The molecule has 0 unspecified atom stereocenters. The fourth-order valence-corrected chi connectivity index (χ4v) is 1.82. The third-order valence-electron chi connectivity index (χ3n) is 2.04. The number of rotatable bonds is 3. The lowest BCUT2D eigenvalue weighted by molar-refractivity contribution is 0.0909. The number of amides is 2. The van der Waals surface area contributed by atoms with Crippen molar-refractivity contribution < 1.29 is 19.1 Å². The van der Waals surface area contributed by atoms with Crippen molar-refractivity contribution in [1.29, 1.82) is 0 Å². The first-order chi connectivity index (χ1) is 8.99. The molecule has 1 rings (SSSR count). The van der Waals surface area contributed by atoms with Crippen molar-refractivity contribution in [2.75, 3.05) is 13.7 Å². The van der Waals surface area contributed by atoms with E-state index in [-0.39, 0.29) is 12.2 Å². The summed E-state index contributed by atoms with van der Waals surface area (Å²) < 4.78 is 10.4. The summed E-state index contributed by atoms with van der Waals surface area (Å²) in [6.45, 7) is 1.86. The minimum Gasteiger partial charge on any atom is -0.496 e. The lowest BCUT2D eigenvalue weighted by atomic mass is 10.2. The molecule has 0 aromatic heterocycles. The Morgan fingerprint density at radius 3 is 2.63 bits per heavy atom. The highest BCUT2D eigenvalue weighted by atomic mass is 127. The zero-order valence-corrected chi connectivity index (χ0v) is 13.2. The number of carbonyl (C=O) groups excluding carboxylic acids is 2. The van der Waals surface area contributed by atoms with Crippen molar-refractivity contribution in [2.45, 2.75) is 6.92 Å². The van der Waals surface area contributed by atoms with Crippen molar-refractivity contribution in [3.63, 3.8) is 0 Å². The number of hydrazine groups is 1. The summed E-state index contributed by atoms with van der Waals surface area (Å²) in [7, 11) is 1.44. The van der Waals surface area contributed by atoms with E-state index in [1.807, 2.05) is 22.6 Å². The summed E-state index contributed by atoms with van der Waals surface area (Å²) in [6, 6.07) is 3.09. The van der Waals surface area contributed by atoms with Gasteiger partial charge in [-0.3, -0.25) is 10.2 Å². The van der Waals surface area contributed by atoms with Crippen LogP contribution in [0.4, 0.5) is 4.79 Å². The first kappa shape index (κ1) is 15.8. The maximum absolute atomic E-state index is 11.9. The van der Waals surface area contributed by atoms with E-state index in [1.165, 1.54) is 13.2 Å². The molecule has 0 saturated heterocycles. The Hall–Kier alpha value is -1.22. The predicted molar refractivity (Wildman–Crippen MR) is 78.3 cm³/mol. The van der Waals surface area contributed by atoms with Gasteiger partial charge in [0, 0.05) is 3.57 Å². The van der Waals surface area contributed by atoms with Crippen molar-refractivity contribution >= 4 is 46.2 Å². The maximum atomic E-state index is 11.9. The molecule has 0 aliphatic rings. The van der Waals surface area contributed by atoms with Gasteiger partial charge in [0.05, 0.1) is 24.3 Å². The number of ether oxygens (including phenoxy) is 2. The zero-order chi connectivity index (χ0) is 14.4. The minimum absolute atomic E-state index is 0.209. The summed E-state index contributed by atoms with van der Waals surface area (Å²) in [5, 5.41) is 0.419. The van der Waals surface area contributed by atoms with E-state index in [0.717, 1.165) is 3.57 Å². The van der Waals surface area contributed by atoms with Crippen LogP contribution in [-0.2, 0) is 4.74 Å². The smallest absolute Gasteiger partial charge is 0.426 e. The predicted octanol–water partition coefficient (Wildman–Crippen LogP) is 2.34. The topological polar surface area (TPSA) is 76.7 Å². The summed E-state index contributed by atoms with van der Waals surface area (Å²) in [4.78, 5) is 22.9. The third kappa shape index (κ3) is 4.43. The molecule has 0 spiro atoms. The second-order valence-corrected chi connectivity index (χ2v) is 4.84. The quantitative estimate of drug-likeness (QED) is 0.605. The number of nitrogens with one attached hydrogen (secondary N) is 2. The van der Waals surface area contributed by atoms with E-state index in [1.54, 1.807) is 13.0 Å². The van der Waals surface area contributed by atoms with E-state index in [0.29, 0.717) is 10.8 Å². The maximum Gasteiger partial charge on any atom is 0.426 e. The molecule has 19 heavy (non-hydrogen) atoms. The van der Waals surface area contributed by atoms with E-state index < -0.39 is 12.0 Å². The average Bonchev–Trinajstić information content (AvgIpc) is 2.39. The fraction of sp³-hybridized carbons (Fsp3) is 0.273. The highest BCUT2D eigenvalue weighted by Crippen LogP contribution is 2.27. The van der Waals surface area contributed by atoms with Crippen molar-refractivity contribution in [3.8, 4) is 5.75 Å². The van der Waals surface area contributed by atoms with Crippen LogP contribution in [-0.4, -0.2) is 25.7 Å². The largest absolute Gasteiger partial charge is 0.496 e. The molecule has 2 N–H and O–H groups in total. The van der Waals surface area contributed by atoms with Gasteiger partial charge in [0.1, 0.15) is 5.75 Å². The lowest BCUT2D eigenvalue weighted by Gasteiger charge is -2.11. The van der Waals surface area contributed by atoms with Crippen LogP contribution >= 0.6 is 34.2 Å². The van der Waals surface area contributed by atoms with Gasteiger partial charge in [-0.2, -0.15) is 0 Å². The SMILES string of the molecule is CCOC(=O)NNC(=O)c1cc(Cl)c(I)cc1OC. The lowest BCUT2D eigenvalue weighted by Crippen LogP contribution is -2.42. The molecule has 0 fully saturated rings. The van der Waals surface area contributed by atoms with Gasteiger partial charge in [-0.15, -0.1) is 0 Å². The zero-order valence-electron chi connectivity index (χ0n) is 10.3. The number of hydrogen-bond acceptors (Lipinski definition) is 4. The van der Waals surface area contributed by atoms with Crippen LogP contribution in [0.25, 0.3) is 0 Å². The Morgan fingerprint density at radius 1 is 1.37 bits per heavy atom. The molecular formula is C11H12ClIN2O4. The van der Waals surface area contributed by atoms with Crippen LogP contribution < -0.4 is 15.6 Å². The van der Waals surface area contributed by atoms with Crippen molar-refractivity contribution in [3.05, 3.63) is 26.3 Å². The van der Waals surface area contributed by atoms with E-state index in [9.17, 15) is 9.59 Å². The summed E-state index contributed by atoms with van der Waals surface area (Å²) >= 11 is 7.97. The molecule has 0 aliphatic heterocycles. The normalized spacial score (nSPS) is 9.68. The molecule has 2 amide bonds. The molecule has 8 heteroatoms. The van der Waals surface area contributed by atoms with Crippen LogP contribution in [0.2, 0.25) is 5.02 Å². The van der Waals surface area contributed by atoms with Crippen molar-refractivity contribution in [2.24, 2.45) is 0 Å². The molecule has 0 aliphatic carbocycles. The first-order valence-corrected chi connectivity index (χ1v) is 6.71. The van der Waals surface area contributed by atoms with Gasteiger partial charge in [-0.1, -0.05) is 11.6 Å². The molecule has 104 valence electrons. The van der Waals surface area contributed by atoms with Gasteiger partial charge >= 0.3 is 6.09 Å². The molecule has 0 radical (unpaired) electrons. The van der Waals surface area contributed by atoms with E-state index in [2.05, 4.69) is 15.6 Å². The highest BCUT2D eigenvalue weighted by Gasteiger charge is 2.15. The fourth-order valence-electron chi connectivity index (χ4n) is 1.22. The van der Waals surface area contributed by atoms with Crippen LogP contribution in [0.1, 0.15) is 17.3 Å². The number of halogens is 2. The Morgan fingerprint density at radius 2 is 2.05 bits per heavy atom. The van der Waals surface area contributed by atoms with Crippen LogP contribution in [0.5, 0.6) is 5.75 Å². The molecule has 1 aromatic rings. The summed E-state index contributed by atoms with van der Waals surface area (Å²) in [6.07, 6.45) is -0.744. The van der Waals surface area contributed by atoms with Gasteiger partial charge in [-0.05, 0) is 41.6 Å². The third-order valence-corrected chi connectivity index (χ3v) is 3.56. The Balaban J connectivity index is 2.82. The second kappa shape index (κ2) is 7.39. The molecular weight excluding hydrogens is 386 g/mol. The molecule has 0 bridgehead atoms. The second-order valence-electron chi connectivity index (χ2n) is 3.27. The molecule has 0 saturated carbocycles. The molecule has 6 nitrogen and oxygen atoms in total. The van der Waals surface area contributed by atoms with Gasteiger partial charge in [0.2, 0.25) is 0 Å². The molecule has 1 aromatic carbocycles. The monoisotopic (exact) mass is 398 g/mol. The van der Waals surface area contributed by atoms with Gasteiger partial charge < -0.3 is 9.47 Å². The Bertz CT molecular complexity index is 496. The first-order valence-electron chi connectivity index (χ1n) is 5.25. The van der Waals surface area contributed by atoms with Gasteiger partial charge in [0.15, 0.2) is 0 Å². The molecule has 0 heterocycles. The van der Waals surface area contributed by atoms with Gasteiger partial charge in [-0.25, -0.2) is 10.2 Å². The number of benzene rings is 1. The van der Waals surface area contributed by atoms with Crippen LogP contribution in [0.15, 0.2) is 12.1 Å².